The van der Waals surface area contributed by atoms with Crippen LogP contribution in [0.4, 0.5) is 0 Å². The van der Waals surface area contributed by atoms with Crippen LogP contribution in [0.2, 0.25) is 0 Å². The van der Waals surface area contributed by atoms with Crippen LogP contribution in [0.3, 0.4) is 0 Å². The molecule has 2 saturated heterocycles. The maximum atomic E-state index is 12.0. The molecule has 3 unspecified atom stereocenters. The van der Waals surface area contributed by atoms with Gasteiger partial charge in [0, 0.05) is 38.6 Å². The van der Waals surface area contributed by atoms with Crippen LogP contribution in [0.25, 0.3) is 0 Å². The molecular formula is C16H30N2O3. The maximum Gasteiger partial charge on any atom is 0.312 e. The Morgan fingerprint density at radius 1 is 1.33 bits per heavy atom. The molecule has 1 N–H and O–H groups in total. The molecule has 5 heteroatoms. The molecule has 0 spiro atoms. The second kappa shape index (κ2) is 7.07. The number of rotatable bonds is 5. The third-order valence-electron chi connectivity index (χ3n) is 4.23. The summed E-state index contributed by atoms with van der Waals surface area (Å²) < 4.78 is 11.5. The molecule has 2 aliphatic rings. The molecule has 0 amide bonds. The summed E-state index contributed by atoms with van der Waals surface area (Å²) in [5.41, 5.74) is -0.450. The van der Waals surface area contributed by atoms with Crippen LogP contribution in [0.5, 0.6) is 0 Å². The van der Waals surface area contributed by atoms with Gasteiger partial charge in [0.15, 0.2) is 6.23 Å². The lowest BCUT2D eigenvalue weighted by Gasteiger charge is -2.31. The van der Waals surface area contributed by atoms with E-state index in [9.17, 15) is 4.79 Å². The van der Waals surface area contributed by atoms with Crippen molar-refractivity contribution in [3.05, 3.63) is 0 Å². The number of carbonyl (C=O) groups excluding carboxylic acids is 1. The zero-order chi connectivity index (χ0) is 15.5. The normalized spacial score (nSPS) is 28.8. The van der Waals surface area contributed by atoms with Crippen molar-refractivity contribution in [1.82, 2.24) is 10.2 Å². The lowest BCUT2D eigenvalue weighted by atomic mass is 9.97. The quantitative estimate of drug-likeness (QED) is 0.787. The Morgan fingerprint density at radius 2 is 2.00 bits per heavy atom. The number of hydrogen-bond acceptors (Lipinski definition) is 5. The fraction of sp³-hybridized carbons (Fsp3) is 0.938. The molecule has 122 valence electrons. The van der Waals surface area contributed by atoms with Gasteiger partial charge in [-0.3, -0.25) is 15.0 Å². The van der Waals surface area contributed by atoms with Gasteiger partial charge in [-0.25, -0.2) is 0 Å². The lowest BCUT2D eigenvalue weighted by molar-refractivity contribution is -0.160. The highest BCUT2D eigenvalue weighted by molar-refractivity contribution is 5.75. The smallest absolute Gasteiger partial charge is 0.312 e. The maximum absolute atomic E-state index is 12.0. The summed E-state index contributed by atoms with van der Waals surface area (Å²) in [6.45, 7) is 11.5. The monoisotopic (exact) mass is 298 g/mol. The Kier molecular flexibility index (Phi) is 5.63. The van der Waals surface area contributed by atoms with Crippen molar-refractivity contribution in [1.29, 1.82) is 0 Å². The van der Waals surface area contributed by atoms with Crippen molar-refractivity contribution < 1.29 is 14.3 Å². The highest BCUT2D eigenvalue weighted by Gasteiger charge is 2.38. The van der Waals surface area contributed by atoms with Crippen molar-refractivity contribution in [2.75, 3.05) is 26.2 Å². The molecule has 0 bridgehead atoms. The second-order valence-corrected chi connectivity index (χ2v) is 7.14. The predicted molar refractivity (Wildman–Crippen MR) is 81.7 cm³/mol. The van der Waals surface area contributed by atoms with E-state index >= 15 is 0 Å². The first-order valence-corrected chi connectivity index (χ1v) is 8.22. The van der Waals surface area contributed by atoms with Gasteiger partial charge in [-0.05, 0) is 40.5 Å². The van der Waals surface area contributed by atoms with E-state index < -0.39 is 5.41 Å². The summed E-state index contributed by atoms with van der Waals surface area (Å²) in [4.78, 5) is 14.4. The van der Waals surface area contributed by atoms with Gasteiger partial charge in [-0.15, -0.1) is 0 Å². The first-order valence-electron chi connectivity index (χ1n) is 8.22. The number of likely N-dealkylation sites (tertiary alicyclic amines) is 1. The molecule has 2 aliphatic heterocycles. The molecule has 0 aromatic rings. The topological polar surface area (TPSA) is 50.8 Å². The van der Waals surface area contributed by atoms with Gasteiger partial charge in [0.1, 0.15) is 6.23 Å². The van der Waals surface area contributed by atoms with Gasteiger partial charge >= 0.3 is 5.97 Å². The van der Waals surface area contributed by atoms with Crippen molar-refractivity contribution in [2.45, 2.75) is 59.4 Å². The Balaban J connectivity index is 1.88. The summed E-state index contributed by atoms with van der Waals surface area (Å²) in [5, 5.41) is 3.32. The van der Waals surface area contributed by atoms with E-state index in [-0.39, 0.29) is 18.4 Å². The third kappa shape index (κ3) is 4.41. The van der Waals surface area contributed by atoms with Gasteiger partial charge in [0.25, 0.3) is 0 Å². The SMILES string of the molecule is CCOC(C1CNC(OC(=O)C(C)(C)C)C1)N1CCCC1. The summed E-state index contributed by atoms with van der Waals surface area (Å²) in [6, 6.07) is 0. The second-order valence-electron chi connectivity index (χ2n) is 7.14. The van der Waals surface area contributed by atoms with E-state index in [1.54, 1.807) is 0 Å². The van der Waals surface area contributed by atoms with E-state index in [0.29, 0.717) is 5.92 Å². The molecule has 0 radical (unpaired) electrons. The molecule has 3 atom stereocenters. The van der Waals surface area contributed by atoms with Gasteiger partial charge in [-0.2, -0.15) is 0 Å². The highest BCUT2D eigenvalue weighted by atomic mass is 16.6. The van der Waals surface area contributed by atoms with Gasteiger partial charge < -0.3 is 9.47 Å². The minimum Gasteiger partial charge on any atom is -0.446 e. The van der Waals surface area contributed by atoms with Crippen LogP contribution in [0, 0.1) is 11.3 Å². The summed E-state index contributed by atoms with van der Waals surface area (Å²) in [5.74, 6) is 0.246. The molecule has 2 rings (SSSR count). The predicted octanol–water partition coefficient (Wildman–Crippen LogP) is 1.97. The zero-order valence-electron chi connectivity index (χ0n) is 13.9. The molecule has 5 nitrogen and oxygen atoms in total. The van der Waals surface area contributed by atoms with Crippen molar-refractivity contribution in [3.8, 4) is 0 Å². The van der Waals surface area contributed by atoms with Gasteiger partial charge in [0.05, 0.1) is 5.41 Å². The number of nitrogens with zero attached hydrogens (tertiary/aromatic N) is 1. The summed E-state index contributed by atoms with van der Waals surface area (Å²) in [7, 11) is 0. The van der Waals surface area contributed by atoms with Crippen LogP contribution in [0.15, 0.2) is 0 Å². The largest absolute Gasteiger partial charge is 0.446 e. The lowest BCUT2D eigenvalue weighted by Crippen LogP contribution is -2.41. The average molecular weight is 298 g/mol. The Hall–Kier alpha value is -0.650. The van der Waals surface area contributed by atoms with Crippen LogP contribution in [-0.4, -0.2) is 49.6 Å². The first kappa shape index (κ1) is 16.7. The summed E-state index contributed by atoms with van der Waals surface area (Å²) in [6.07, 6.45) is 3.33. The molecular weight excluding hydrogens is 268 g/mol. The number of nitrogens with one attached hydrogen (secondary N) is 1. The van der Waals surface area contributed by atoms with Gasteiger partial charge in [-0.1, -0.05) is 0 Å². The van der Waals surface area contributed by atoms with E-state index in [4.69, 9.17) is 9.47 Å². The average Bonchev–Trinajstić information content (AvgIpc) is 3.06. The third-order valence-corrected chi connectivity index (χ3v) is 4.23. The Morgan fingerprint density at radius 3 is 2.57 bits per heavy atom. The fourth-order valence-electron chi connectivity index (χ4n) is 3.04. The van der Waals surface area contributed by atoms with Crippen LogP contribution in [-0.2, 0) is 14.3 Å². The van der Waals surface area contributed by atoms with E-state index in [1.807, 2.05) is 27.7 Å². The number of ether oxygens (including phenoxy) is 2. The molecule has 0 aromatic heterocycles. The molecule has 0 aromatic carbocycles. The van der Waals surface area contributed by atoms with Crippen LogP contribution < -0.4 is 5.32 Å². The molecule has 2 fully saturated rings. The van der Waals surface area contributed by atoms with E-state index in [1.165, 1.54) is 12.8 Å². The van der Waals surface area contributed by atoms with Crippen molar-refractivity contribution >= 4 is 5.97 Å². The minimum atomic E-state index is -0.450. The molecule has 0 saturated carbocycles. The minimum absolute atomic E-state index is 0.144. The van der Waals surface area contributed by atoms with Crippen LogP contribution in [0.1, 0.15) is 47.0 Å². The van der Waals surface area contributed by atoms with Crippen LogP contribution >= 0.6 is 0 Å². The standard InChI is InChI=1S/C16H30N2O3/c1-5-20-14(18-8-6-7-9-18)12-10-13(17-11-12)21-15(19)16(2,3)4/h12-14,17H,5-11H2,1-4H3. The number of esters is 1. The van der Waals surface area contributed by atoms with Crippen molar-refractivity contribution in [3.63, 3.8) is 0 Å². The van der Waals surface area contributed by atoms with E-state index in [2.05, 4.69) is 10.2 Å². The number of carbonyl (C=O) groups is 1. The van der Waals surface area contributed by atoms with Gasteiger partial charge in [0.2, 0.25) is 0 Å². The molecule has 0 aliphatic carbocycles. The first-order chi connectivity index (χ1) is 9.91. The highest BCUT2D eigenvalue weighted by Crippen LogP contribution is 2.27. The zero-order valence-corrected chi connectivity index (χ0v) is 13.9. The summed E-state index contributed by atoms with van der Waals surface area (Å²) >= 11 is 0. The number of hydrogen-bond donors (Lipinski definition) is 1. The van der Waals surface area contributed by atoms with E-state index in [0.717, 1.165) is 32.7 Å². The fourth-order valence-corrected chi connectivity index (χ4v) is 3.04. The Labute approximate surface area is 128 Å². The molecule has 2 heterocycles. The Bertz CT molecular complexity index is 348. The van der Waals surface area contributed by atoms with Crippen molar-refractivity contribution in [2.24, 2.45) is 11.3 Å². The molecule has 21 heavy (non-hydrogen) atoms.